The van der Waals surface area contributed by atoms with E-state index in [0.29, 0.717) is 17.8 Å². The summed E-state index contributed by atoms with van der Waals surface area (Å²) in [6.45, 7) is 4.25. The molecule has 0 aliphatic carbocycles. The number of amides is 1. The Hall–Kier alpha value is -1.75. The van der Waals surface area contributed by atoms with Crippen LogP contribution in [-0.4, -0.2) is 44.5 Å². The van der Waals surface area contributed by atoms with E-state index in [-0.39, 0.29) is 5.91 Å². The molecular weight excluding hydrogens is 228 g/mol. The number of benzene rings is 1. The van der Waals surface area contributed by atoms with Gasteiger partial charge < -0.3 is 21.3 Å². The first-order chi connectivity index (χ1) is 8.54. The maximum Gasteiger partial charge on any atom is 0.251 e. The third kappa shape index (κ3) is 4.25. The third-order valence-electron chi connectivity index (χ3n) is 2.53. The minimum Gasteiger partial charge on any atom is -0.397 e. The second-order valence-corrected chi connectivity index (χ2v) is 4.39. The number of nitrogens with one attached hydrogen (secondary N) is 2. The van der Waals surface area contributed by atoms with Crippen molar-refractivity contribution in [2.45, 2.75) is 6.92 Å². The Morgan fingerprint density at radius 1 is 1.39 bits per heavy atom. The predicted octanol–water partition coefficient (Wildman–Crippen LogP) is 0.992. The number of hydrogen-bond acceptors (Lipinski definition) is 4. The SMILES string of the molecule is CCNC(=O)c1ccc(NCCN(C)C)c(N)c1. The van der Waals surface area contributed by atoms with Crippen LogP contribution in [-0.2, 0) is 0 Å². The number of nitrogens with zero attached hydrogens (tertiary/aromatic N) is 1. The van der Waals surface area contributed by atoms with Crippen LogP contribution in [0.5, 0.6) is 0 Å². The Morgan fingerprint density at radius 2 is 2.11 bits per heavy atom. The summed E-state index contributed by atoms with van der Waals surface area (Å²) in [4.78, 5) is 13.7. The van der Waals surface area contributed by atoms with Gasteiger partial charge in [0.05, 0.1) is 11.4 Å². The minimum atomic E-state index is -0.0935. The summed E-state index contributed by atoms with van der Waals surface area (Å²) in [6.07, 6.45) is 0. The molecule has 1 amide bonds. The van der Waals surface area contributed by atoms with Gasteiger partial charge in [-0.2, -0.15) is 0 Å². The Balaban J connectivity index is 2.65. The van der Waals surface area contributed by atoms with Crippen LogP contribution in [0.4, 0.5) is 11.4 Å². The van der Waals surface area contributed by atoms with Crippen LogP contribution >= 0.6 is 0 Å². The molecule has 4 N–H and O–H groups in total. The molecule has 0 fully saturated rings. The van der Waals surface area contributed by atoms with Crippen molar-refractivity contribution < 1.29 is 4.79 Å². The van der Waals surface area contributed by atoms with E-state index < -0.39 is 0 Å². The molecule has 18 heavy (non-hydrogen) atoms. The molecular formula is C13H22N4O. The van der Waals surface area contributed by atoms with Gasteiger partial charge in [0.2, 0.25) is 0 Å². The molecule has 1 aromatic rings. The largest absolute Gasteiger partial charge is 0.397 e. The van der Waals surface area contributed by atoms with E-state index >= 15 is 0 Å². The van der Waals surface area contributed by atoms with Crippen LogP contribution in [0.25, 0.3) is 0 Å². The molecule has 1 rings (SSSR count). The van der Waals surface area contributed by atoms with E-state index in [1.54, 1.807) is 12.1 Å². The van der Waals surface area contributed by atoms with Crippen LogP contribution in [0.1, 0.15) is 17.3 Å². The standard InChI is InChI=1S/C13H22N4O/c1-4-15-13(18)10-5-6-12(11(14)9-10)16-7-8-17(2)3/h5-6,9,16H,4,7-8,14H2,1-3H3,(H,15,18). The topological polar surface area (TPSA) is 70.4 Å². The van der Waals surface area contributed by atoms with Gasteiger partial charge in [0.25, 0.3) is 5.91 Å². The number of nitrogens with two attached hydrogens (primary N) is 1. The van der Waals surface area contributed by atoms with Crippen molar-refractivity contribution in [3.05, 3.63) is 23.8 Å². The monoisotopic (exact) mass is 250 g/mol. The summed E-state index contributed by atoms with van der Waals surface area (Å²) in [5.41, 5.74) is 7.97. The first kappa shape index (κ1) is 14.3. The van der Waals surface area contributed by atoms with Crippen molar-refractivity contribution in [3.63, 3.8) is 0 Å². The van der Waals surface area contributed by atoms with Crippen LogP contribution in [0.2, 0.25) is 0 Å². The molecule has 0 unspecified atom stereocenters. The molecule has 5 heteroatoms. The highest BCUT2D eigenvalue weighted by Crippen LogP contribution is 2.19. The molecule has 0 aliphatic heterocycles. The van der Waals surface area contributed by atoms with Gasteiger partial charge in [-0.25, -0.2) is 0 Å². The quantitative estimate of drug-likeness (QED) is 0.659. The average Bonchev–Trinajstić information content (AvgIpc) is 2.31. The molecule has 0 saturated carbocycles. The molecule has 0 spiro atoms. The van der Waals surface area contributed by atoms with Gasteiger partial charge in [-0.3, -0.25) is 4.79 Å². The van der Waals surface area contributed by atoms with Gasteiger partial charge in [-0.1, -0.05) is 0 Å². The van der Waals surface area contributed by atoms with E-state index in [1.165, 1.54) is 0 Å². The molecule has 0 atom stereocenters. The van der Waals surface area contributed by atoms with Crippen molar-refractivity contribution >= 4 is 17.3 Å². The molecule has 0 aromatic heterocycles. The highest BCUT2D eigenvalue weighted by atomic mass is 16.1. The highest BCUT2D eigenvalue weighted by molar-refractivity contribution is 5.96. The Kier molecular flexibility index (Phi) is 5.45. The minimum absolute atomic E-state index is 0.0935. The lowest BCUT2D eigenvalue weighted by Crippen LogP contribution is -2.23. The highest BCUT2D eigenvalue weighted by Gasteiger charge is 2.06. The zero-order chi connectivity index (χ0) is 13.5. The van der Waals surface area contributed by atoms with Crippen molar-refractivity contribution in [2.24, 2.45) is 0 Å². The number of carbonyl (C=O) groups is 1. The summed E-state index contributed by atoms with van der Waals surface area (Å²) in [7, 11) is 4.03. The van der Waals surface area contributed by atoms with Crippen LogP contribution in [0.3, 0.4) is 0 Å². The molecule has 5 nitrogen and oxygen atoms in total. The summed E-state index contributed by atoms with van der Waals surface area (Å²) in [5.74, 6) is -0.0935. The molecule has 1 aromatic carbocycles. The maximum atomic E-state index is 11.6. The van der Waals surface area contributed by atoms with E-state index in [1.807, 2.05) is 27.1 Å². The second kappa shape index (κ2) is 6.86. The summed E-state index contributed by atoms with van der Waals surface area (Å²) >= 11 is 0. The fourth-order valence-electron chi connectivity index (χ4n) is 1.54. The van der Waals surface area contributed by atoms with Crippen LogP contribution < -0.4 is 16.4 Å². The first-order valence-corrected chi connectivity index (χ1v) is 6.11. The Bertz CT molecular complexity index is 404. The van der Waals surface area contributed by atoms with Gasteiger partial charge >= 0.3 is 0 Å². The number of likely N-dealkylation sites (N-methyl/N-ethyl adjacent to an activating group) is 1. The van der Waals surface area contributed by atoms with Gasteiger partial charge in [0, 0.05) is 25.2 Å². The van der Waals surface area contributed by atoms with Gasteiger partial charge in [0.1, 0.15) is 0 Å². The molecule has 0 saturated heterocycles. The van der Waals surface area contributed by atoms with Crippen molar-refractivity contribution in [3.8, 4) is 0 Å². The van der Waals surface area contributed by atoms with Crippen LogP contribution in [0, 0.1) is 0 Å². The molecule has 0 bridgehead atoms. The third-order valence-corrected chi connectivity index (χ3v) is 2.53. The first-order valence-electron chi connectivity index (χ1n) is 6.11. The predicted molar refractivity (Wildman–Crippen MR) is 75.9 cm³/mol. The fourth-order valence-corrected chi connectivity index (χ4v) is 1.54. The lowest BCUT2D eigenvalue weighted by molar-refractivity contribution is 0.0956. The van der Waals surface area contributed by atoms with Gasteiger partial charge in [-0.15, -0.1) is 0 Å². The smallest absolute Gasteiger partial charge is 0.251 e. The lowest BCUT2D eigenvalue weighted by atomic mass is 10.1. The Morgan fingerprint density at radius 3 is 2.67 bits per heavy atom. The van der Waals surface area contributed by atoms with Gasteiger partial charge in [0.15, 0.2) is 0 Å². The lowest BCUT2D eigenvalue weighted by Gasteiger charge is -2.13. The van der Waals surface area contributed by atoms with Crippen molar-refractivity contribution in [1.29, 1.82) is 0 Å². The fraction of sp³-hybridized carbons (Fsp3) is 0.462. The number of carbonyl (C=O) groups excluding carboxylic acids is 1. The molecule has 0 aliphatic rings. The number of hydrogen-bond donors (Lipinski definition) is 3. The molecule has 100 valence electrons. The van der Waals surface area contributed by atoms with Gasteiger partial charge in [-0.05, 0) is 39.2 Å². The van der Waals surface area contributed by atoms with E-state index in [4.69, 9.17) is 5.73 Å². The van der Waals surface area contributed by atoms with E-state index in [2.05, 4.69) is 15.5 Å². The summed E-state index contributed by atoms with van der Waals surface area (Å²) in [5, 5.41) is 5.99. The normalized spacial score (nSPS) is 10.4. The molecule has 0 radical (unpaired) electrons. The number of anilines is 2. The summed E-state index contributed by atoms with van der Waals surface area (Å²) in [6, 6.07) is 5.32. The number of nitrogen functional groups attached to an aromatic ring is 1. The van der Waals surface area contributed by atoms with E-state index in [9.17, 15) is 4.79 Å². The Labute approximate surface area is 108 Å². The maximum absolute atomic E-state index is 11.6. The number of rotatable bonds is 6. The second-order valence-electron chi connectivity index (χ2n) is 4.39. The average molecular weight is 250 g/mol. The molecule has 0 heterocycles. The van der Waals surface area contributed by atoms with Crippen molar-refractivity contribution in [1.82, 2.24) is 10.2 Å². The zero-order valence-electron chi connectivity index (χ0n) is 11.3. The summed E-state index contributed by atoms with van der Waals surface area (Å²) < 4.78 is 0. The van der Waals surface area contributed by atoms with Crippen LogP contribution in [0.15, 0.2) is 18.2 Å². The van der Waals surface area contributed by atoms with E-state index in [0.717, 1.165) is 18.8 Å². The van der Waals surface area contributed by atoms with Crippen molar-refractivity contribution in [2.75, 3.05) is 44.8 Å². The zero-order valence-corrected chi connectivity index (χ0v) is 11.3.